The molecular formula is C9H12ClFN2. The van der Waals surface area contributed by atoms with Crippen molar-refractivity contribution in [3.63, 3.8) is 0 Å². The first-order chi connectivity index (χ1) is 6.09. The molecule has 1 rings (SSSR count). The molecule has 0 aromatic heterocycles. The Labute approximate surface area is 82.3 Å². The summed E-state index contributed by atoms with van der Waals surface area (Å²) in [4.78, 5) is 0. The standard InChI is InChI=1S/C9H12ClFN2/c1-13(2)12-6-7-5-8(11)3-4-9(7)10/h3-5,12H,6H2,1-2H3. The monoisotopic (exact) mass is 202 g/mol. The molecule has 0 saturated heterocycles. The molecule has 1 aromatic carbocycles. The van der Waals surface area contributed by atoms with Crippen LogP contribution in [-0.2, 0) is 6.54 Å². The maximum absolute atomic E-state index is 12.8. The van der Waals surface area contributed by atoms with Crippen LogP contribution in [0.2, 0.25) is 5.02 Å². The third-order valence-corrected chi connectivity index (χ3v) is 1.96. The van der Waals surface area contributed by atoms with Crippen LogP contribution in [-0.4, -0.2) is 19.1 Å². The Morgan fingerprint density at radius 1 is 1.46 bits per heavy atom. The second kappa shape index (κ2) is 4.56. The zero-order valence-electron chi connectivity index (χ0n) is 7.64. The molecule has 0 heterocycles. The van der Waals surface area contributed by atoms with Crippen molar-refractivity contribution >= 4 is 11.6 Å². The van der Waals surface area contributed by atoms with E-state index >= 15 is 0 Å². The van der Waals surface area contributed by atoms with Crippen molar-refractivity contribution in [2.45, 2.75) is 6.54 Å². The summed E-state index contributed by atoms with van der Waals surface area (Å²) in [5, 5.41) is 2.37. The molecule has 13 heavy (non-hydrogen) atoms. The van der Waals surface area contributed by atoms with Crippen molar-refractivity contribution in [3.8, 4) is 0 Å². The molecule has 0 aliphatic heterocycles. The van der Waals surface area contributed by atoms with Gasteiger partial charge in [0.15, 0.2) is 0 Å². The third kappa shape index (κ3) is 3.30. The largest absolute Gasteiger partial charge is 0.251 e. The van der Waals surface area contributed by atoms with E-state index in [0.717, 1.165) is 5.56 Å². The first-order valence-electron chi connectivity index (χ1n) is 3.94. The van der Waals surface area contributed by atoms with Gasteiger partial charge in [0.2, 0.25) is 0 Å². The van der Waals surface area contributed by atoms with E-state index in [0.29, 0.717) is 11.6 Å². The molecule has 72 valence electrons. The summed E-state index contributed by atoms with van der Waals surface area (Å²) in [5.41, 5.74) is 3.77. The van der Waals surface area contributed by atoms with Gasteiger partial charge in [-0.2, -0.15) is 0 Å². The highest BCUT2D eigenvalue weighted by atomic mass is 35.5. The summed E-state index contributed by atoms with van der Waals surface area (Å²) in [6, 6.07) is 4.34. The molecule has 0 amide bonds. The predicted molar refractivity (Wildman–Crippen MR) is 51.9 cm³/mol. The van der Waals surface area contributed by atoms with E-state index in [9.17, 15) is 4.39 Å². The van der Waals surface area contributed by atoms with E-state index < -0.39 is 0 Å². The SMILES string of the molecule is CN(C)NCc1cc(F)ccc1Cl. The fourth-order valence-electron chi connectivity index (χ4n) is 0.922. The number of nitrogens with zero attached hydrogens (tertiary/aromatic N) is 1. The van der Waals surface area contributed by atoms with Crippen LogP contribution in [0.15, 0.2) is 18.2 Å². The molecule has 0 saturated carbocycles. The lowest BCUT2D eigenvalue weighted by atomic mass is 10.2. The molecule has 1 N–H and O–H groups in total. The quantitative estimate of drug-likeness (QED) is 0.755. The van der Waals surface area contributed by atoms with E-state index in [-0.39, 0.29) is 5.82 Å². The normalized spacial score (nSPS) is 10.8. The van der Waals surface area contributed by atoms with Gasteiger partial charge in [0, 0.05) is 25.7 Å². The van der Waals surface area contributed by atoms with Crippen molar-refractivity contribution in [2.75, 3.05) is 14.1 Å². The van der Waals surface area contributed by atoms with Gasteiger partial charge in [-0.1, -0.05) is 11.6 Å². The Morgan fingerprint density at radius 2 is 2.15 bits per heavy atom. The van der Waals surface area contributed by atoms with Crippen LogP contribution in [0.4, 0.5) is 4.39 Å². The number of hydrazine groups is 1. The molecule has 0 aliphatic carbocycles. The molecule has 2 nitrogen and oxygen atoms in total. The predicted octanol–water partition coefficient (Wildman–Crippen LogP) is 2.05. The highest BCUT2D eigenvalue weighted by molar-refractivity contribution is 6.31. The van der Waals surface area contributed by atoms with Crippen LogP contribution >= 0.6 is 11.6 Å². The maximum Gasteiger partial charge on any atom is 0.123 e. The Morgan fingerprint density at radius 3 is 2.77 bits per heavy atom. The third-order valence-electron chi connectivity index (χ3n) is 1.59. The van der Waals surface area contributed by atoms with Gasteiger partial charge >= 0.3 is 0 Å². The van der Waals surface area contributed by atoms with Gasteiger partial charge in [-0.05, 0) is 23.8 Å². The summed E-state index contributed by atoms with van der Waals surface area (Å²) < 4.78 is 12.8. The number of nitrogens with one attached hydrogen (secondary N) is 1. The van der Waals surface area contributed by atoms with Crippen LogP contribution in [0.3, 0.4) is 0 Å². The van der Waals surface area contributed by atoms with Crippen molar-refractivity contribution in [1.82, 2.24) is 10.4 Å². The van der Waals surface area contributed by atoms with Crippen LogP contribution in [0, 0.1) is 5.82 Å². The first kappa shape index (κ1) is 10.4. The summed E-state index contributed by atoms with van der Waals surface area (Å²) in [6.45, 7) is 0.531. The average Bonchev–Trinajstić information content (AvgIpc) is 2.06. The Bertz CT molecular complexity index is 289. The zero-order valence-corrected chi connectivity index (χ0v) is 8.40. The van der Waals surface area contributed by atoms with Crippen molar-refractivity contribution in [3.05, 3.63) is 34.6 Å². The summed E-state index contributed by atoms with van der Waals surface area (Å²) in [7, 11) is 3.74. The first-order valence-corrected chi connectivity index (χ1v) is 4.32. The Balaban J connectivity index is 2.70. The molecular weight excluding hydrogens is 191 g/mol. The van der Waals surface area contributed by atoms with E-state index in [2.05, 4.69) is 5.43 Å². The minimum absolute atomic E-state index is 0.264. The van der Waals surface area contributed by atoms with Gasteiger partial charge in [-0.25, -0.2) is 4.39 Å². The second-order valence-electron chi connectivity index (χ2n) is 2.97. The second-order valence-corrected chi connectivity index (χ2v) is 3.37. The molecule has 1 aromatic rings. The van der Waals surface area contributed by atoms with E-state index in [1.54, 1.807) is 11.1 Å². The lowest BCUT2D eigenvalue weighted by Gasteiger charge is -2.12. The van der Waals surface area contributed by atoms with Crippen LogP contribution in [0.25, 0.3) is 0 Å². The molecule has 0 radical (unpaired) electrons. The van der Waals surface area contributed by atoms with E-state index in [1.807, 2.05) is 14.1 Å². The Hall–Kier alpha value is -0.640. The van der Waals surface area contributed by atoms with Crippen molar-refractivity contribution in [2.24, 2.45) is 0 Å². The summed E-state index contributed by atoms with van der Waals surface area (Å²) in [5.74, 6) is -0.264. The average molecular weight is 203 g/mol. The Kier molecular flexibility index (Phi) is 3.66. The molecule has 0 atom stereocenters. The van der Waals surface area contributed by atoms with Gasteiger partial charge in [-0.3, -0.25) is 10.4 Å². The van der Waals surface area contributed by atoms with E-state index in [1.165, 1.54) is 12.1 Å². The lowest BCUT2D eigenvalue weighted by molar-refractivity contribution is 0.286. The van der Waals surface area contributed by atoms with Crippen molar-refractivity contribution < 1.29 is 4.39 Å². The topological polar surface area (TPSA) is 15.3 Å². The molecule has 0 unspecified atom stereocenters. The molecule has 0 aliphatic rings. The van der Waals surface area contributed by atoms with Crippen LogP contribution in [0.1, 0.15) is 5.56 Å². The van der Waals surface area contributed by atoms with Gasteiger partial charge in [0.25, 0.3) is 0 Å². The highest BCUT2D eigenvalue weighted by Gasteiger charge is 2.01. The number of rotatable bonds is 3. The van der Waals surface area contributed by atoms with E-state index in [4.69, 9.17) is 11.6 Å². The van der Waals surface area contributed by atoms with Gasteiger partial charge in [0.1, 0.15) is 5.82 Å². The molecule has 4 heteroatoms. The number of hydrogen-bond acceptors (Lipinski definition) is 2. The van der Waals surface area contributed by atoms with Gasteiger partial charge in [0.05, 0.1) is 0 Å². The number of halogens is 2. The lowest BCUT2D eigenvalue weighted by Crippen LogP contribution is -2.29. The van der Waals surface area contributed by atoms with Crippen molar-refractivity contribution in [1.29, 1.82) is 0 Å². The summed E-state index contributed by atoms with van der Waals surface area (Å²) >= 11 is 5.85. The van der Waals surface area contributed by atoms with Gasteiger partial charge in [-0.15, -0.1) is 0 Å². The van der Waals surface area contributed by atoms with Gasteiger partial charge < -0.3 is 0 Å². The number of benzene rings is 1. The highest BCUT2D eigenvalue weighted by Crippen LogP contribution is 2.16. The molecule has 0 fully saturated rings. The minimum atomic E-state index is -0.264. The maximum atomic E-state index is 12.8. The molecule has 0 bridgehead atoms. The van der Waals surface area contributed by atoms with Crippen LogP contribution in [0.5, 0.6) is 0 Å². The smallest absolute Gasteiger partial charge is 0.123 e. The van der Waals surface area contributed by atoms with Crippen LogP contribution < -0.4 is 5.43 Å². The minimum Gasteiger partial charge on any atom is -0.251 e. The summed E-state index contributed by atoms with van der Waals surface area (Å²) in [6.07, 6.45) is 0. The fourth-order valence-corrected chi connectivity index (χ4v) is 1.11. The zero-order chi connectivity index (χ0) is 9.84. The molecule has 0 spiro atoms. The fraction of sp³-hybridized carbons (Fsp3) is 0.333. The number of hydrogen-bond donors (Lipinski definition) is 1.